The molecule has 1 atom stereocenters. The quantitative estimate of drug-likeness (QED) is 0.873. The zero-order valence-electron chi connectivity index (χ0n) is 11.1. The lowest BCUT2D eigenvalue weighted by Gasteiger charge is -2.21. The van der Waals surface area contributed by atoms with Crippen molar-refractivity contribution in [3.63, 3.8) is 0 Å². The Kier molecular flexibility index (Phi) is 4.16. The van der Waals surface area contributed by atoms with E-state index in [1.807, 2.05) is 39.8 Å². The average Bonchev–Trinajstić information content (AvgIpc) is 2.23. The molecule has 0 spiro atoms. The lowest BCUT2D eigenvalue weighted by Crippen LogP contribution is -2.18. The molecule has 0 aromatic heterocycles. The zero-order chi connectivity index (χ0) is 13.2. The van der Waals surface area contributed by atoms with Crippen molar-refractivity contribution in [3.8, 4) is 5.75 Å². The minimum Gasteiger partial charge on any atom is -0.496 e. The molecule has 94 valence electrons. The van der Waals surface area contributed by atoms with E-state index in [-0.39, 0.29) is 5.92 Å². The van der Waals surface area contributed by atoms with Crippen LogP contribution in [0, 0.1) is 19.8 Å². The van der Waals surface area contributed by atoms with Crippen molar-refractivity contribution in [1.29, 1.82) is 0 Å². The summed E-state index contributed by atoms with van der Waals surface area (Å²) in [4.78, 5) is 11.4. The van der Waals surface area contributed by atoms with Crippen molar-refractivity contribution >= 4 is 5.97 Å². The van der Waals surface area contributed by atoms with E-state index >= 15 is 0 Å². The molecule has 0 heterocycles. The van der Waals surface area contributed by atoms with Gasteiger partial charge in [-0.3, -0.25) is 4.79 Å². The van der Waals surface area contributed by atoms with Gasteiger partial charge >= 0.3 is 5.97 Å². The molecule has 1 unspecified atom stereocenters. The fourth-order valence-electron chi connectivity index (χ4n) is 2.10. The molecule has 17 heavy (non-hydrogen) atoms. The Bertz CT molecular complexity index is 422. The molecule has 0 saturated heterocycles. The number of carbonyl (C=O) groups is 1. The molecular formula is C14H20O3. The third-order valence-corrected chi connectivity index (χ3v) is 3.18. The molecule has 0 aliphatic carbocycles. The Hall–Kier alpha value is -1.51. The summed E-state index contributed by atoms with van der Waals surface area (Å²) in [7, 11) is 1.59. The van der Waals surface area contributed by atoms with Crippen molar-refractivity contribution in [2.75, 3.05) is 7.11 Å². The molecule has 0 fully saturated rings. The van der Waals surface area contributed by atoms with E-state index in [4.69, 9.17) is 4.74 Å². The molecule has 0 bridgehead atoms. The van der Waals surface area contributed by atoms with E-state index in [0.29, 0.717) is 5.75 Å². The smallest absolute Gasteiger partial charge is 0.311 e. The lowest BCUT2D eigenvalue weighted by molar-refractivity contribution is -0.139. The maximum Gasteiger partial charge on any atom is 0.311 e. The number of ether oxygens (including phenoxy) is 1. The van der Waals surface area contributed by atoms with Crippen LogP contribution in [-0.4, -0.2) is 18.2 Å². The third kappa shape index (κ3) is 2.60. The highest BCUT2D eigenvalue weighted by molar-refractivity contribution is 5.78. The van der Waals surface area contributed by atoms with Crippen LogP contribution < -0.4 is 4.74 Å². The van der Waals surface area contributed by atoms with Crippen LogP contribution in [0.2, 0.25) is 0 Å². The van der Waals surface area contributed by atoms with Crippen molar-refractivity contribution < 1.29 is 14.6 Å². The number of benzene rings is 1. The molecule has 0 radical (unpaired) electrons. The van der Waals surface area contributed by atoms with Crippen LogP contribution in [0.5, 0.6) is 5.75 Å². The number of carboxylic acids is 1. The second-order valence-corrected chi connectivity index (χ2v) is 4.69. The van der Waals surface area contributed by atoms with Gasteiger partial charge in [-0.05, 0) is 30.9 Å². The Balaban J connectivity index is 3.38. The molecule has 3 heteroatoms. The van der Waals surface area contributed by atoms with E-state index in [9.17, 15) is 9.90 Å². The number of carboxylic acid groups (broad SMARTS) is 1. The van der Waals surface area contributed by atoms with Gasteiger partial charge in [0.15, 0.2) is 0 Å². The van der Waals surface area contributed by atoms with Gasteiger partial charge in [0.05, 0.1) is 13.0 Å². The average molecular weight is 236 g/mol. The number of hydrogen-bond donors (Lipinski definition) is 1. The molecule has 1 N–H and O–H groups in total. The second kappa shape index (κ2) is 5.21. The molecular weight excluding hydrogens is 216 g/mol. The Labute approximate surface area is 102 Å². The van der Waals surface area contributed by atoms with Crippen molar-refractivity contribution in [2.24, 2.45) is 5.92 Å². The zero-order valence-corrected chi connectivity index (χ0v) is 11.1. The van der Waals surface area contributed by atoms with Crippen LogP contribution in [0.15, 0.2) is 12.1 Å². The predicted octanol–water partition coefficient (Wildman–Crippen LogP) is 3.14. The van der Waals surface area contributed by atoms with Gasteiger partial charge in [0.2, 0.25) is 0 Å². The van der Waals surface area contributed by atoms with E-state index < -0.39 is 11.9 Å². The normalized spacial score (nSPS) is 12.6. The summed E-state index contributed by atoms with van der Waals surface area (Å²) in [5, 5.41) is 9.32. The van der Waals surface area contributed by atoms with Crippen LogP contribution in [0.4, 0.5) is 0 Å². The van der Waals surface area contributed by atoms with Crippen LogP contribution in [0.3, 0.4) is 0 Å². The van der Waals surface area contributed by atoms with Gasteiger partial charge in [-0.15, -0.1) is 0 Å². The number of rotatable bonds is 4. The number of aryl methyl sites for hydroxylation is 1. The van der Waals surface area contributed by atoms with Gasteiger partial charge < -0.3 is 9.84 Å². The van der Waals surface area contributed by atoms with Crippen LogP contribution in [0.1, 0.15) is 36.5 Å². The van der Waals surface area contributed by atoms with Gasteiger partial charge in [0.25, 0.3) is 0 Å². The number of hydrogen-bond acceptors (Lipinski definition) is 2. The summed E-state index contributed by atoms with van der Waals surface area (Å²) in [6, 6.07) is 3.81. The molecule has 0 amide bonds. The number of aliphatic carboxylic acids is 1. The largest absolute Gasteiger partial charge is 0.496 e. The molecule has 3 nitrogen and oxygen atoms in total. The van der Waals surface area contributed by atoms with Gasteiger partial charge in [0.1, 0.15) is 5.75 Å². The van der Waals surface area contributed by atoms with Gasteiger partial charge in [-0.1, -0.05) is 26.0 Å². The first-order valence-electron chi connectivity index (χ1n) is 5.77. The highest BCUT2D eigenvalue weighted by atomic mass is 16.5. The van der Waals surface area contributed by atoms with Gasteiger partial charge in [-0.25, -0.2) is 0 Å². The van der Waals surface area contributed by atoms with Gasteiger partial charge in [0, 0.05) is 5.56 Å². The first-order chi connectivity index (χ1) is 7.90. The molecule has 1 rings (SSSR count). The Morgan fingerprint density at radius 2 is 1.88 bits per heavy atom. The SMILES string of the molecule is COc1c(C(C(=O)O)C(C)C)ccc(C)c1C. The highest BCUT2D eigenvalue weighted by Crippen LogP contribution is 2.35. The van der Waals surface area contributed by atoms with E-state index in [1.54, 1.807) is 7.11 Å². The van der Waals surface area contributed by atoms with E-state index in [0.717, 1.165) is 16.7 Å². The molecule has 0 aliphatic rings. The van der Waals surface area contributed by atoms with Crippen LogP contribution in [0.25, 0.3) is 0 Å². The summed E-state index contributed by atoms with van der Waals surface area (Å²) in [5.74, 6) is -0.597. The predicted molar refractivity (Wildman–Crippen MR) is 67.7 cm³/mol. The minimum absolute atomic E-state index is 0.0310. The monoisotopic (exact) mass is 236 g/mol. The lowest BCUT2D eigenvalue weighted by atomic mass is 9.86. The first-order valence-corrected chi connectivity index (χ1v) is 5.77. The standard InChI is InChI=1S/C14H20O3/c1-8(2)12(14(15)16)11-7-6-9(3)10(4)13(11)17-5/h6-8,12H,1-5H3,(H,15,16). The fraction of sp³-hybridized carbons (Fsp3) is 0.500. The maximum absolute atomic E-state index is 11.4. The van der Waals surface area contributed by atoms with E-state index in [1.165, 1.54) is 0 Å². The van der Waals surface area contributed by atoms with Crippen LogP contribution in [-0.2, 0) is 4.79 Å². The summed E-state index contributed by atoms with van der Waals surface area (Å²) in [5.41, 5.74) is 2.88. The molecule has 1 aromatic carbocycles. The highest BCUT2D eigenvalue weighted by Gasteiger charge is 2.27. The summed E-state index contributed by atoms with van der Waals surface area (Å²) in [6.45, 7) is 7.77. The number of methoxy groups -OCH3 is 1. The molecule has 0 saturated carbocycles. The molecule has 1 aromatic rings. The first kappa shape index (κ1) is 13.6. The van der Waals surface area contributed by atoms with Crippen LogP contribution >= 0.6 is 0 Å². The molecule has 0 aliphatic heterocycles. The third-order valence-electron chi connectivity index (χ3n) is 3.18. The van der Waals surface area contributed by atoms with Crippen molar-refractivity contribution in [3.05, 3.63) is 28.8 Å². The van der Waals surface area contributed by atoms with Gasteiger partial charge in [-0.2, -0.15) is 0 Å². The van der Waals surface area contributed by atoms with E-state index in [2.05, 4.69) is 0 Å². The fourth-order valence-corrected chi connectivity index (χ4v) is 2.10. The summed E-state index contributed by atoms with van der Waals surface area (Å²) < 4.78 is 5.37. The van der Waals surface area contributed by atoms with Crippen molar-refractivity contribution in [1.82, 2.24) is 0 Å². The maximum atomic E-state index is 11.4. The Morgan fingerprint density at radius 3 is 2.29 bits per heavy atom. The minimum atomic E-state index is -0.804. The van der Waals surface area contributed by atoms with Crippen molar-refractivity contribution in [2.45, 2.75) is 33.6 Å². The topological polar surface area (TPSA) is 46.5 Å². The summed E-state index contributed by atoms with van der Waals surface area (Å²) in [6.07, 6.45) is 0. The summed E-state index contributed by atoms with van der Waals surface area (Å²) >= 11 is 0. The Morgan fingerprint density at radius 1 is 1.29 bits per heavy atom. The second-order valence-electron chi connectivity index (χ2n) is 4.69.